The predicted octanol–water partition coefficient (Wildman–Crippen LogP) is 1.18. The Kier molecular flexibility index (Phi) is 1.27. The van der Waals surface area contributed by atoms with Crippen molar-refractivity contribution in [3.8, 4) is 0 Å². The van der Waals surface area contributed by atoms with Gasteiger partial charge in [-0.2, -0.15) is 0 Å². The Bertz CT molecular complexity index is 237. The van der Waals surface area contributed by atoms with Crippen molar-refractivity contribution in [1.29, 1.82) is 0 Å². The zero-order valence-corrected chi connectivity index (χ0v) is 6.20. The fraction of sp³-hybridized carbons (Fsp3) is 0.500. The molecule has 0 saturated carbocycles. The van der Waals surface area contributed by atoms with Gasteiger partial charge in [0, 0.05) is 25.0 Å². The van der Waals surface area contributed by atoms with Crippen LogP contribution in [0.5, 0.6) is 0 Å². The Morgan fingerprint density at radius 1 is 1.50 bits per heavy atom. The second-order valence-corrected chi connectivity index (χ2v) is 2.73. The van der Waals surface area contributed by atoms with Crippen LogP contribution in [0.4, 0.5) is 0 Å². The van der Waals surface area contributed by atoms with Crippen LogP contribution < -0.4 is 5.32 Å². The molecule has 10 heavy (non-hydrogen) atoms. The van der Waals surface area contributed by atoms with Gasteiger partial charge in [0.05, 0.1) is 0 Å². The number of hydrogen-bond donors (Lipinski definition) is 2. The van der Waals surface area contributed by atoms with Crippen molar-refractivity contribution in [3.05, 3.63) is 23.0 Å². The first kappa shape index (κ1) is 5.98. The third kappa shape index (κ3) is 0.688. The van der Waals surface area contributed by atoms with Crippen molar-refractivity contribution in [2.45, 2.75) is 26.4 Å². The van der Waals surface area contributed by atoms with Gasteiger partial charge in [-0.25, -0.2) is 0 Å². The fourth-order valence-corrected chi connectivity index (χ4v) is 1.56. The summed E-state index contributed by atoms with van der Waals surface area (Å²) in [6.07, 6.45) is 3.24. The van der Waals surface area contributed by atoms with Gasteiger partial charge >= 0.3 is 0 Å². The highest BCUT2D eigenvalue weighted by molar-refractivity contribution is 5.33. The summed E-state index contributed by atoms with van der Waals surface area (Å²) in [5.41, 5.74) is 4.36. The van der Waals surface area contributed by atoms with Gasteiger partial charge in [-0.15, -0.1) is 0 Å². The molecule has 1 aromatic rings. The molecule has 2 N–H and O–H groups in total. The molecule has 0 aromatic carbocycles. The first-order valence-electron chi connectivity index (χ1n) is 3.80. The van der Waals surface area contributed by atoms with E-state index in [1.807, 2.05) is 0 Å². The van der Waals surface area contributed by atoms with Crippen LogP contribution in [-0.2, 0) is 19.5 Å². The lowest BCUT2D eigenvalue weighted by Gasteiger charge is -1.94. The number of H-pyrrole nitrogens is 1. The molecule has 2 nitrogen and oxygen atoms in total. The topological polar surface area (TPSA) is 27.8 Å². The lowest BCUT2D eigenvalue weighted by molar-refractivity contribution is 0.753. The van der Waals surface area contributed by atoms with Crippen molar-refractivity contribution in [2.75, 3.05) is 0 Å². The summed E-state index contributed by atoms with van der Waals surface area (Å²) < 4.78 is 0. The summed E-state index contributed by atoms with van der Waals surface area (Å²) in [5.74, 6) is 0. The lowest BCUT2D eigenvalue weighted by Crippen LogP contribution is -2.02. The molecule has 1 aliphatic heterocycles. The largest absolute Gasteiger partial charge is 0.364 e. The van der Waals surface area contributed by atoms with Crippen LogP contribution in [0.3, 0.4) is 0 Å². The zero-order chi connectivity index (χ0) is 6.97. The highest BCUT2D eigenvalue weighted by Crippen LogP contribution is 2.18. The number of aromatic amines is 1. The number of rotatable bonds is 1. The van der Waals surface area contributed by atoms with E-state index in [-0.39, 0.29) is 0 Å². The maximum Gasteiger partial charge on any atom is 0.0229 e. The maximum atomic E-state index is 3.32. The molecule has 2 heterocycles. The smallest absolute Gasteiger partial charge is 0.0229 e. The Morgan fingerprint density at radius 2 is 2.40 bits per heavy atom. The molecule has 2 rings (SSSR count). The average molecular weight is 136 g/mol. The number of fused-ring (bicyclic) bond motifs is 1. The molecule has 0 radical (unpaired) electrons. The summed E-state index contributed by atoms with van der Waals surface area (Å²) in [6.45, 7) is 4.29. The van der Waals surface area contributed by atoms with Crippen molar-refractivity contribution in [1.82, 2.24) is 10.3 Å². The van der Waals surface area contributed by atoms with Gasteiger partial charge < -0.3 is 10.3 Å². The molecule has 54 valence electrons. The molecule has 0 spiro atoms. The Morgan fingerprint density at radius 3 is 3.20 bits per heavy atom. The molecule has 0 unspecified atom stereocenters. The molecule has 0 bridgehead atoms. The summed E-state index contributed by atoms with van der Waals surface area (Å²) >= 11 is 0. The standard InChI is InChI=1S/C8H12N2/c1-2-8-7-5-9-3-6(7)4-10-8/h4,9-10H,2-3,5H2,1H3. The molecule has 1 aromatic heterocycles. The van der Waals surface area contributed by atoms with E-state index in [1.54, 1.807) is 0 Å². The van der Waals surface area contributed by atoms with Crippen LogP contribution in [0.1, 0.15) is 23.7 Å². The third-order valence-corrected chi connectivity index (χ3v) is 2.14. The Labute approximate surface area is 60.6 Å². The van der Waals surface area contributed by atoms with Crippen molar-refractivity contribution < 1.29 is 0 Å². The number of nitrogens with one attached hydrogen (secondary N) is 2. The summed E-state index contributed by atoms with van der Waals surface area (Å²) in [4.78, 5) is 3.29. The third-order valence-electron chi connectivity index (χ3n) is 2.14. The zero-order valence-electron chi connectivity index (χ0n) is 6.20. The van der Waals surface area contributed by atoms with E-state index in [2.05, 4.69) is 23.4 Å². The summed E-state index contributed by atoms with van der Waals surface area (Å²) in [6, 6.07) is 0. The van der Waals surface area contributed by atoms with E-state index < -0.39 is 0 Å². The second kappa shape index (κ2) is 2.13. The van der Waals surface area contributed by atoms with E-state index in [0.29, 0.717) is 0 Å². The van der Waals surface area contributed by atoms with E-state index in [0.717, 1.165) is 19.5 Å². The van der Waals surface area contributed by atoms with Gasteiger partial charge in [0.2, 0.25) is 0 Å². The molecule has 0 amide bonds. The predicted molar refractivity (Wildman–Crippen MR) is 40.7 cm³/mol. The van der Waals surface area contributed by atoms with Gasteiger partial charge in [0.1, 0.15) is 0 Å². The van der Waals surface area contributed by atoms with Crippen molar-refractivity contribution in [2.24, 2.45) is 0 Å². The van der Waals surface area contributed by atoms with E-state index in [4.69, 9.17) is 0 Å². The minimum atomic E-state index is 1.05. The SMILES string of the molecule is CCc1[nH]cc2c1CNC2. The Balaban J connectivity index is 2.44. The van der Waals surface area contributed by atoms with Gasteiger partial charge in [0.15, 0.2) is 0 Å². The average Bonchev–Trinajstić information content (AvgIpc) is 2.44. The van der Waals surface area contributed by atoms with Crippen molar-refractivity contribution in [3.63, 3.8) is 0 Å². The Hall–Kier alpha value is -0.760. The van der Waals surface area contributed by atoms with Crippen LogP contribution in [0.25, 0.3) is 0 Å². The van der Waals surface area contributed by atoms with Crippen LogP contribution in [-0.4, -0.2) is 4.98 Å². The first-order chi connectivity index (χ1) is 4.92. The fourth-order valence-electron chi connectivity index (χ4n) is 1.56. The normalized spacial score (nSPS) is 15.7. The maximum absolute atomic E-state index is 3.32. The molecule has 0 aliphatic carbocycles. The molecular weight excluding hydrogens is 124 g/mol. The molecular formula is C8H12N2. The second-order valence-electron chi connectivity index (χ2n) is 2.73. The first-order valence-corrected chi connectivity index (χ1v) is 3.80. The summed E-state index contributed by atoms with van der Waals surface area (Å²) in [7, 11) is 0. The highest BCUT2D eigenvalue weighted by atomic mass is 14.9. The van der Waals surface area contributed by atoms with E-state index >= 15 is 0 Å². The highest BCUT2D eigenvalue weighted by Gasteiger charge is 2.13. The summed E-state index contributed by atoms with van der Waals surface area (Å²) in [5, 5.41) is 3.32. The molecule has 0 saturated heterocycles. The minimum absolute atomic E-state index is 1.05. The molecule has 0 atom stereocenters. The van der Waals surface area contributed by atoms with E-state index in [1.165, 1.54) is 16.8 Å². The van der Waals surface area contributed by atoms with Crippen LogP contribution in [0, 0.1) is 0 Å². The number of aryl methyl sites for hydroxylation is 1. The minimum Gasteiger partial charge on any atom is -0.364 e. The quantitative estimate of drug-likeness (QED) is 0.596. The van der Waals surface area contributed by atoms with Crippen molar-refractivity contribution >= 4 is 0 Å². The van der Waals surface area contributed by atoms with Gasteiger partial charge in [-0.05, 0) is 17.5 Å². The monoisotopic (exact) mass is 136 g/mol. The van der Waals surface area contributed by atoms with Gasteiger partial charge in [-0.3, -0.25) is 0 Å². The number of hydrogen-bond acceptors (Lipinski definition) is 1. The molecule has 0 fully saturated rings. The molecule has 1 aliphatic rings. The van der Waals surface area contributed by atoms with Gasteiger partial charge in [0.25, 0.3) is 0 Å². The lowest BCUT2D eigenvalue weighted by atomic mass is 10.1. The number of aromatic nitrogens is 1. The van der Waals surface area contributed by atoms with E-state index in [9.17, 15) is 0 Å². The van der Waals surface area contributed by atoms with Gasteiger partial charge in [-0.1, -0.05) is 6.92 Å². The molecule has 2 heteroatoms. The van der Waals surface area contributed by atoms with Crippen LogP contribution in [0.15, 0.2) is 6.20 Å². The van der Waals surface area contributed by atoms with Crippen LogP contribution >= 0.6 is 0 Å². The van der Waals surface area contributed by atoms with Crippen LogP contribution in [0.2, 0.25) is 0 Å².